The van der Waals surface area contributed by atoms with Gasteiger partial charge in [0.2, 0.25) is 5.91 Å². The smallest absolute Gasteiger partial charge is 0.230 e. The normalized spacial score (nSPS) is 22.6. The second-order valence-electron chi connectivity index (χ2n) is 9.22. The molecule has 1 aliphatic carbocycles. The van der Waals surface area contributed by atoms with Crippen LogP contribution in [0, 0.1) is 12.8 Å². The summed E-state index contributed by atoms with van der Waals surface area (Å²) in [6.45, 7) is 3.94. The zero-order valence-corrected chi connectivity index (χ0v) is 21.7. The molecule has 2 aromatic rings. The first-order valence-electron chi connectivity index (χ1n) is 11.7. The summed E-state index contributed by atoms with van der Waals surface area (Å²) in [5.41, 5.74) is 3.94. The topological polar surface area (TPSA) is 60.8 Å². The molecule has 1 radical (unpaired) electrons. The average Bonchev–Trinajstić information content (AvgIpc) is 3.07. The van der Waals surface area contributed by atoms with Crippen molar-refractivity contribution in [3.8, 4) is 0 Å². The fourth-order valence-electron chi connectivity index (χ4n) is 5.22. The van der Waals surface area contributed by atoms with Crippen molar-refractivity contribution in [1.29, 1.82) is 0 Å². The fourth-order valence-corrected chi connectivity index (χ4v) is 5.22. The van der Waals surface area contributed by atoms with E-state index in [-0.39, 0.29) is 51.1 Å². The summed E-state index contributed by atoms with van der Waals surface area (Å²) in [7, 11) is 0. The van der Waals surface area contributed by atoms with Crippen molar-refractivity contribution in [2.45, 2.75) is 76.0 Å². The van der Waals surface area contributed by atoms with Gasteiger partial charge in [-0.1, -0.05) is 74.1 Å². The van der Waals surface area contributed by atoms with Gasteiger partial charge >= 0.3 is 0 Å². The first-order valence-corrected chi connectivity index (χ1v) is 11.7. The molecule has 4 nitrogen and oxygen atoms in total. The predicted molar refractivity (Wildman–Crippen MR) is 124 cm³/mol. The average molecular weight is 509 g/mol. The van der Waals surface area contributed by atoms with Crippen molar-refractivity contribution in [3.05, 3.63) is 72.1 Å². The number of aliphatic hydroxyl groups is 2. The minimum atomic E-state index is -0.688. The van der Waals surface area contributed by atoms with Crippen molar-refractivity contribution in [1.82, 2.24) is 0 Å². The van der Waals surface area contributed by atoms with Crippen LogP contribution in [0.1, 0.15) is 67.7 Å². The number of carbonyl (C=O) groups is 1. The van der Waals surface area contributed by atoms with Gasteiger partial charge in [0.25, 0.3) is 0 Å². The molecular weight excluding hydrogens is 475 g/mol. The number of aliphatic hydroxyl groups excluding tert-OH is 2. The molecule has 3 unspecified atom stereocenters. The number of benzene rings is 2. The molecule has 2 fully saturated rings. The van der Waals surface area contributed by atoms with Crippen LogP contribution in [0.5, 0.6) is 0 Å². The van der Waals surface area contributed by atoms with Gasteiger partial charge in [-0.05, 0) is 42.0 Å². The maximum absolute atomic E-state index is 12.7. The molecule has 3 atom stereocenters. The van der Waals surface area contributed by atoms with Crippen molar-refractivity contribution in [2.75, 3.05) is 4.90 Å². The largest absolute Gasteiger partial charge is 0.390 e. The van der Waals surface area contributed by atoms with Gasteiger partial charge in [-0.2, -0.15) is 6.42 Å². The number of nitrogens with zero attached hydrogens (tertiary/aromatic N) is 1. The minimum Gasteiger partial charge on any atom is -0.390 e. The van der Waals surface area contributed by atoms with Crippen LogP contribution in [0.2, 0.25) is 0 Å². The Bertz CT molecular complexity index is 879. The number of rotatable bonds is 7. The minimum absolute atomic E-state index is 0. The number of amides is 1. The standard InChI is InChI=1S/C27H34NO3.Y/c1-2-19-9-6-10-21(15-19)16-24-26(30)18-27(31)28(24)23-13-11-22(12-14-23)25(29)17-20-7-4-3-5-8-20;/h6,9-15,20,24-26,29-30H,1-5,7-8,16-18H2;/q-1;. The van der Waals surface area contributed by atoms with Crippen molar-refractivity contribution in [3.63, 3.8) is 0 Å². The van der Waals surface area contributed by atoms with E-state index in [1.807, 2.05) is 42.5 Å². The van der Waals surface area contributed by atoms with Crippen LogP contribution >= 0.6 is 0 Å². The third-order valence-electron chi connectivity index (χ3n) is 6.99. The zero-order chi connectivity index (χ0) is 21.8. The predicted octanol–water partition coefficient (Wildman–Crippen LogP) is 4.77. The van der Waals surface area contributed by atoms with Crippen LogP contribution in [0.4, 0.5) is 5.69 Å². The SMILES string of the molecule is [CH2-]Cc1cccc(CC2C(O)CC(=O)N2c2ccc(C(O)CC3CCCCC3)cc2)c1.[Y]. The quantitative estimate of drug-likeness (QED) is 0.529. The second kappa shape index (κ2) is 11.9. The maximum atomic E-state index is 12.7. The number of hydrogen-bond acceptors (Lipinski definition) is 3. The van der Waals surface area contributed by atoms with Crippen LogP contribution in [-0.2, 0) is 50.3 Å². The van der Waals surface area contributed by atoms with Gasteiger partial charge in [0.1, 0.15) is 0 Å². The Morgan fingerprint density at radius 2 is 1.72 bits per heavy atom. The summed E-state index contributed by atoms with van der Waals surface area (Å²) in [6, 6.07) is 15.6. The Kier molecular flexibility index (Phi) is 9.48. The Balaban J connectivity index is 0.00000289. The third kappa shape index (κ3) is 6.08. The Hall–Kier alpha value is -1.07. The molecule has 1 saturated heterocycles. The van der Waals surface area contributed by atoms with E-state index < -0.39 is 12.2 Å². The second-order valence-corrected chi connectivity index (χ2v) is 9.22. The van der Waals surface area contributed by atoms with Gasteiger partial charge in [0.15, 0.2) is 0 Å². The fraction of sp³-hybridized carbons (Fsp3) is 0.481. The molecule has 169 valence electrons. The van der Waals surface area contributed by atoms with Gasteiger partial charge in [-0.15, -0.1) is 0 Å². The van der Waals surface area contributed by atoms with E-state index in [9.17, 15) is 15.0 Å². The molecule has 1 aliphatic heterocycles. The Morgan fingerprint density at radius 1 is 1.03 bits per heavy atom. The molecule has 4 rings (SSSR count). The molecule has 2 aliphatic rings. The van der Waals surface area contributed by atoms with E-state index in [4.69, 9.17) is 0 Å². The van der Waals surface area contributed by atoms with E-state index in [0.29, 0.717) is 18.8 Å². The Labute approximate surface area is 217 Å². The van der Waals surface area contributed by atoms with Gasteiger partial charge in [-0.3, -0.25) is 4.79 Å². The van der Waals surface area contributed by atoms with E-state index in [2.05, 4.69) is 13.0 Å². The summed E-state index contributed by atoms with van der Waals surface area (Å²) < 4.78 is 0. The summed E-state index contributed by atoms with van der Waals surface area (Å²) in [6.07, 6.45) is 7.42. The van der Waals surface area contributed by atoms with E-state index in [1.165, 1.54) is 32.1 Å². The van der Waals surface area contributed by atoms with Gasteiger partial charge in [0, 0.05) is 38.4 Å². The third-order valence-corrected chi connectivity index (χ3v) is 6.99. The van der Waals surface area contributed by atoms with Crippen LogP contribution in [0.3, 0.4) is 0 Å². The first kappa shape index (κ1) is 25.6. The van der Waals surface area contributed by atoms with Crippen molar-refractivity contribution >= 4 is 11.6 Å². The monoisotopic (exact) mass is 509 g/mol. The zero-order valence-electron chi connectivity index (χ0n) is 18.8. The van der Waals surface area contributed by atoms with Crippen LogP contribution in [-0.4, -0.2) is 28.3 Å². The van der Waals surface area contributed by atoms with Crippen LogP contribution in [0.25, 0.3) is 0 Å². The van der Waals surface area contributed by atoms with E-state index in [0.717, 1.165) is 28.8 Å². The molecule has 1 amide bonds. The molecule has 0 bridgehead atoms. The molecule has 1 saturated carbocycles. The van der Waals surface area contributed by atoms with Gasteiger partial charge in [0.05, 0.1) is 24.7 Å². The Morgan fingerprint density at radius 3 is 2.41 bits per heavy atom. The van der Waals surface area contributed by atoms with E-state index >= 15 is 0 Å². The van der Waals surface area contributed by atoms with Crippen LogP contribution in [0.15, 0.2) is 48.5 Å². The molecule has 1 heterocycles. The van der Waals surface area contributed by atoms with E-state index in [1.54, 1.807) is 4.90 Å². The maximum Gasteiger partial charge on any atom is 0.230 e. The number of anilines is 1. The number of hydrogen-bond donors (Lipinski definition) is 2. The molecule has 32 heavy (non-hydrogen) atoms. The van der Waals surface area contributed by atoms with Gasteiger partial charge < -0.3 is 22.0 Å². The molecule has 0 aromatic heterocycles. The number of carbonyl (C=O) groups excluding carboxylic acids is 1. The summed E-state index contributed by atoms with van der Waals surface area (Å²) in [4.78, 5) is 14.4. The summed E-state index contributed by atoms with van der Waals surface area (Å²) >= 11 is 0. The van der Waals surface area contributed by atoms with Crippen molar-refractivity contribution in [2.24, 2.45) is 5.92 Å². The molecule has 0 spiro atoms. The molecular formula is C27H34NO3Y-. The summed E-state index contributed by atoms with van der Waals surface area (Å²) in [5.74, 6) is 0.554. The molecule has 2 aromatic carbocycles. The van der Waals surface area contributed by atoms with Crippen LogP contribution < -0.4 is 4.90 Å². The summed E-state index contributed by atoms with van der Waals surface area (Å²) in [5, 5.41) is 21.3. The molecule has 5 heteroatoms. The van der Waals surface area contributed by atoms with Crippen molar-refractivity contribution < 1.29 is 47.7 Å². The van der Waals surface area contributed by atoms with Gasteiger partial charge in [-0.25, -0.2) is 0 Å². The molecule has 2 N–H and O–H groups in total. The first-order chi connectivity index (χ1) is 15.0.